The Bertz CT molecular complexity index is 504. The maximum absolute atomic E-state index is 11.9. The Labute approximate surface area is 104 Å². The van der Waals surface area contributed by atoms with Crippen molar-refractivity contribution in [1.29, 1.82) is 0 Å². The number of nitrogen functional groups attached to an aromatic ring is 1. The van der Waals surface area contributed by atoms with Crippen molar-refractivity contribution < 1.29 is 22.9 Å². The van der Waals surface area contributed by atoms with Gasteiger partial charge >= 0.3 is 6.18 Å². The number of anilines is 1. The van der Waals surface area contributed by atoms with Gasteiger partial charge in [-0.2, -0.15) is 13.2 Å². The summed E-state index contributed by atoms with van der Waals surface area (Å²) in [6.07, 6.45) is -4.56. The standard InChI is InChI=1S/C9H9F3N4O3/c10-9(11,12)4-14-8(17)5-1-2-6(15-13)7(3-5)16(18)19/h1-3,15H,4,13H2,(H,14,17). The summed E-state index contributed by atoms with van der Waals surface area (Å²) in [5, 5.41) is 12.3. The van der Waals surface area contributed by atoms with Crippen LogP contribution in [-0.4, -0.2) is 23.6 Å². The molecule has 19 heavy (non-hydrogen) atoms. The minimum absolute atomic E-state index is 0.0580. The predicted octanol–water partition coefficient (Wildman–Crippen LogP) is 1.17. The molecule has 1 rings (SSSR count). The monoisotopic (exact) mass is 278 g/mol. The molecular formula is C9H9F3N4O3. The number of benzene rings is 1. The van der Waals surface area contributed by atoms with Gasteiger partial charge in [0.25, 0.3) is 11.6 Å². The molecule has 0 saturated heterocycles. The van der Waals surface area contributed by atoms with Crippen molar-refractivity contribution in [2.24, 2.45) is 5.84 Å². The first-order chi connectivity index (χ1) is 8.74. The van der Waals surface area contributed by atoms with E-state index in [1.165, 1.54) is 0 Å². The van der Waals surface area contributed by atoms with Crippen LogP contribution in [0.15, 0.2) is 18.2 Å². The van der Waals surface area contributed by atoms with Crippen LogP contribution in [0.25, 0.3) is 0 Å². The molecule has 0 unspecified atom stereocenters. The Hall–Kier alpha value is -2.36. The number of alkyl halides is 3. The summed E-state index contributed by atoms with van der Waals surface area (Å²) in [4.78, 5) is 21.2. The van der Waals surface area contributed by atoms with Crippen molar-refractivity contribution in [1.82, 2.24) is 5.32 Å². The van der Waals surface area contributed by atoms with Gasteiger partial charge in [0, 0.05) is 11.6 Å². The van der Waals surface area contributed by atoms with E-state index in [-0.39, 0.29) is 11.3 Å². The number of carbonyl (C=O) groups is 1. The summed E-state index contributed by atoms with van der Waals surface area (Å²) in [6, 6.07) is 3.08. The summed E-state index contributed by atoms with van der Waals surface area (Å²) < 4.78 is 35.7. The zero-order chi connectivity index (χ0) is 14.6. The fourth-order valence-corrected chi connectivity index (χ4v) is 1.23. The van der Waals surface area contributed by atoms with E-state index in [2.05, 4.69) is 0 Å². The first kappa shape index (κ1) is 14.7. The van der Waals surface area contributed by atoms with E-state index in [1.807, 2.05) is 5.43 Å². The quantitative estimate of drug-likeness (QED) is 0.435. The molecule has 0 spiro atoms. The smallest absolute Gasteiger partial charge is 0.343 e. The second-order valence-corrected chi connectivity index (χ2v) is 3.43. The topological polar surface area (TPSA) is 110 Å². The SMILES string of the molecule is NNc1ccc(C(=O)NCC(F)(F)F)cc1[N+](=O)[O-]. The number of nitro groups is 1. The third-order valence-corrected chi connectivity index (χ3v) is 2.06. The molecular weight excluding hydrogens is 269 g/mol. The van der Waals surface area contributed by atoms with Gasteiger partial charge in [0.1, 0.15) is 12.2 Å². The van der Waals surface area contributed by atoms with Crippen LogP contribution in [0.4, 0.5) is 24.5 Å². The number of hydrogen-bond donors (Lipinski definition) is 3. The number of hydrogen-bond acceptors (Lipinski definition) is 5. The second-order valence-electron chi connectivity index (χ2n) is 3.43. The number of nitrogens with two attached hydrogens (primary N) is 1. The fraction of sp³-hybridized carbons (Fsp3) is 0.222. The maximum Gasteiger partial charge on any atom is 0.405 e. The highest BCUT2D eigenvalue weighted by molar-refractivity contribution is 5.95. The molecule has 0 aromatic heterocycles. The highest BCUT2D eigenvalue weighted by Crippen LogP contribution is 2.24. The minimum Gasteiger partial charge on any atom is -0.343 e. The molecule has 0 aliphatic heterocycles. The molecule has 1 aromatic rings. The van der Waals surface area contributed by atoms with Crippen molar-refractivity contribution in [2.75, 3.05) is 12.0 Å². The normalized spacial score (nSPS) is 10.9. The van der Waals surface area contributed by atoms with E-state index in [0.717, 1.165) is 18.2 Å². The average molecular weight is 278 g/mol. The van der Waals surface area contributed by atoms with Crippen molar-refractivity contribution in [3.63, 3.8) is 0 Å². The van der Waals surface area contributed by atoms with Crippen LogP contribution in [-0.2, 0) is 0 Å². The Morgan fingerprint density at radius 3 is 2.53 bits per heavy atom. The minimum atomic E-state index is -4.56. The number of nitrogens with one attached hydrogen (secondary N) is 2. The number of rotatable bonds is 4. The fourth-order valence-electron chi connectivity index (χ4n) is 1.23. The van der Waals surface area contributed by atoms with E-state index in [0.29, 0.717) is 0 Å². The summed E-state index contributed by atoms with van der Waals surface area (Å²) in [7, 11) is 0. The molecule has 0 heterocycles. The van der Waals surface area contributed by atoms with Crippen molar-refractivity contribution >= 4 is 17.3 Å². The average Bonchev–Trinajstić information content (AvgIpc) is 2.34. The van der Waals surface area contributed by atoms with Crippen molar-refractivity contribution in [2.45, 2.75) is 6.18 Å². The lowest BCUT2D eigenvalue weighted by Gasteiger charge is -2.09. The van der Waals surface area contributed by atoms with E-state index in [9.17, 15) is 28.1 Å². The molecule has 4 N–H and O–H groups in total. The molecule has 0 bridgehead atoms. The summed E-state index contributed by atoms with van der Waals surface area (Å²) in [5.74, 6) is 3.96. The second kappa shape index (κ2) is 5.52. The van der Waals surface area contributed by atoms with Crippen LogP contribution < -0.4 is 16.6 Å². The Morgan fingerprint density at radius 1 is 1.42 bits per heavy atom. The third-order valence-electron chi connectivity index (χ3n) is 2.06. The van der Waals surface area contributed by atoms with Crippen molar-refractivity contribution in [3.8, 4) is 0 Å². The lowest BCUT2D eigenvalue weighted by atomic mass is 10.1. The van der Waals surface area contributed by atoms with E-state index < -0.39 is 29.2 Å². The Kier molecular flexibility index (Phi) is 4.27. The van der Waals surface area contributed by atoms with Gasteiger partial charge in [0.2, 0.25) is 0 Å². The lowest BCUT2D eigenvalue weighted by molar-refractivity contribution is -0.384. The lowest BCUT2D eigenvalue weighted by Crippen LogP contribution is -2.33. The third kappa shape index (κ3) is 4.10. The van der Waals surface area contributed by atoms with Gasteiger partial charge in [-0.15, -0.1) is 0 Å². The number of amides is 1. The van der Waals surface area contributed by atoms with E-state index in [4.69, 9.17) is 5.84 Å². The van der Waals surface area contributed by atoms with Crippen LogP contribution in [0.3, 0.4) is 0 Å². The van der Waals surface area contributed by atoms with Crippen LogP contribution in [0.1, 0.15) is 10.4 Å². The largest absolute Gasteiger partial charge is 0.405 e. The molecule has 1 amide bonds. The zero-order valence-corrected chi connectivity index (χ0v) is 9.32. The summed E-state index contributed by atoms with van der Waals surface area (Å²) in [5.41, 5.74) is 1.21. The number of hydrazine groups is 1. The van der Waals surface area contributed by atoms with Crippen LogP contribution >= 0.6 is 0 Å². The molecule has 0 aliphatic carbocycles. The number of nitrogens with zero attached hydrogens (tertiary/aromatic N) is 1. The van der Waals surface area contributed by atoms with Crippen molar-refractivity contribution in [3.05, 3.63) is 33.9 Å². The molecule has 0 atom stereocenters. The van der Waals surface area contributed by atoms with Gasteiger partial charge < -0.3 is 10.7 Å². The number of halogens is 3. The van der Waals surface area contributed by atoms with Crippen LogP contribution in [0.2, 0.25) is 0 Å². The number of nitro benzene ring substituents is 1. The summed E-state index contributed by atoms with van der Waals surface area (Å²) >= 11 is 0. The molecule has 104 valence electrons. The van der Waals surface area contributed by atoms with Gasteiger partial charge in [-0.3, -0.25) is 20.8 Å². The Balaban J connectivity index is 2.93. The van der Waals surface area contributed by atoms with Gasteiger partial charge in [0.05, 0.1) is 4.92 Å². The van der Waals surface area contributed by atoms with Gasteiger partial charge in [-0.25, -0.2) is 0 Å². The first-order valence-corrected chi connectivity index (χ1v) is 4.84. The molecule has 0 fully saturated rings. The van der Waals surface area contributed by atoms with Gasteiger partial charge in [-0.05, 0) is 12.1 Å². The molecule has 0 radical (unpaired) electrons. The highest BCUT2D eigenvalue weighted by atomic mass is 19.4. The zero-order valence-electron chi connectivity index (χ0n) is 9.32. The number of carbonyl (C=O) groups excluding carboxylic acids is 1. The Morgan fingerprint density at radius 2 is 2.05 bits per heavy atom. The molecule has 1 aromatic carbocycles. The molecule has 0 aliphatic rings. The van der Waals surface area contributed by atoms with Crippen LogP contribution in [0, 0.1) is 10.1 Å². The summed E-state index contributed by atoms with van der Waals surface area (Å²) in [6.45, 7) is -1.52. The molecule has 7 nitrogen and oxygen atoms in total. The van der Waals surface area contributed by atoms with Crippen LogP contribution in [0.5, 0.6) is 0 Å². The van der Waals surface area contributed by atoms with Gasteiger partial charge in [0.15, 0.2) is 0 Å². The first-order valence-electron chi connectivity index (χ1n) is 4.84. The maximum atomic E-state index is 11.9. The molecule has 0 saturated carbocycles. The van der Waals surface area contributed by atoms with E-state index in [1.54, 1.807) is 5.32 Å². The molecule has 10 heteroatoms. The predicted molar refractivity (Wildman–Crippen MR) is 59.3 cm³/mol. The highest BCUT2D eigenvalue weighted by Gasteiger charge is 2.28. The van der Waals surface area contributed by atoms with E-state index >= 15 is 0 Å². The van der Waals surface area contributed by atoms with Gasteiger partial charge in [-0.1, -0.05) is 0 Å².